The molecule has 0 fully saturated rings. The highest BCUT2D eigenvalue weighted by Gasteiger charge is 2.25. The van der Waals surface area contributed by atoms with Crippen molar-refractivity contribution in [1.82, 2.24) is 4.90 Å². The molecule has 2 aromatic heterocycles. The van der Waals surface area contributed by atoms with Gasteiger partial charge in [0, 0.05) is 12.1 Å². The fourth-order valence-electron chi connectivity index (χ4n) is 3.55. The van der Waals surface area contributed by atoms with Gasteiger partial charge in [-0.2, -0.15) is 0 Å². The lowest BCUT2D eigenvalue weighted by molar-refractivity contribution is 0.0704. The minimum absolute atomic E-state index is 0.119. The molecule has 0 N–H and O–H groups in total. The van der Waals surface area contributed by atoms with Crippen LogP contribution in [0.25, 0.3) is 0 Å². The van der Waals surface area contributed by atoms with Gasteiger partial charge in [-0.3, -0.25) is 9.10 Å². The maximum atomic E-state index is 13.3. The summed E-state index contributed by atoms with van der Waals surface area (Å²) in [5.41, 5.74) is 0.957. The Labute approximate surface area is 192 Å². The van der Waals surface area contributed by atoms with Crippen LogP contribution in [0.1, 0.15) is 28.8 Å². The van der Waals surface area contributed by atoms with Crippen molar-refractivity contribution < 1.29 is 22.0 Å². The molecule has 8 heteroatoms. The molecule has 7 nitrogen and oxygen atoms in total. The second kappa shape index (κ2) is 9.79. The van der Waals surface area contributed by atoms with Crippen LogP contribution >= 0.6 is 0 Å². The first-order valence-electron chi connectivity index (χ1n) is 10.5. The van der Waals surface area contributed by atoms with Crippen molar-refractivity contribution in [2.24, 2.45) is 0 Å². The van der Waals surface area contributed by atoms with E-state index < -0.39 is 10.0 Å². The smallest absolute Gasteiger partial charge is 0.264 e. The van der Waals surface area contributed by atoms with Crippen molar-refractivity contribution in [2.75, 3.05) is 10.8 Å². The van der Waals surface area contributed by atoms with Crippen LogP contribution in [0.2, 0.25) is 0 Å². The number of para-hydroxylation sites is 1. The van der Waals surface area contributed by atoms with E-state index in [4.69, 9.17) is 8.83 Å². The molecule has 170 valence electrons. The van der Waals surface area contributed by atoms with Crippen molar-refractivity contribution in [3.63, 3.8) is 0 Å². The molecule has 33 heavy (non-hydrogen) atoms. The molecule has 0 unspecified atom stereocenters. The molecule has 1 amide bonds. The number of anilines is 1. The molecule has 4 rings (SSSR count). The van der Waals surface area contributed by atoms with Crippen molar-refractivity contribution in [2.45, 2.75) is 24.9 Å². The van der Waals surface area contributed by atoms with E-state index in [1.807, 2.05) is 6.07 Å². The zero-order valence-corrected chi connectivity index (χ0v) is 18.9. The van der Waals surface area contributed by atoms with Gasteiger partial charge >= 0.3 is 0 Å². The van der Waals surface area contributed by atoms with Gasteiger partial charge in [-0.25, -0.2) is 8.42 Å². The average molecular weight is 465 g/mol. The molecular formula is C25H24N2O5S. The van der Waals surface area contributed by atoms with Gasteiger partial charge in [0.05, 0.1) is 36.2 Å². The second-order valence-electron chi connectivity index (χ2n) is 7.35. The first-order valence-corrected chi connectivity index (χ1v) is 11.9. The van der Waals surface area contributed by atoms with Gasteiger partial charge in [-0.15, -0.1) is 0 Å². The van der Waals surface area contributed by atoms with Crippen molar-refractivity contribution in [1.29, 1.82) is 0 Å². The van der Waals surface area contributed by atoms with Crippen molar-refractivity contribution in [3.05, 3.63) is 108 Å². The molecule has 0 bridgehead atoms. The maximum Gasteiger partial charge on any atom is 0.264 e. The Bertz CT molecular complexity index is 1230. The molecule has 0 aliphatic heterocycles. The van der Waals surface area contributed by atoms with Crippen LogP contribution in [0.3, 0.4) is 0 Å². The van der Waals surface area contributed by atoms with Crippen LogP contribution in [0.15, 0.2) is 105 Å². The summed E-state index contributed by atoms with van der Waals surface area (Å²) in [6.07, 6.45) is 3.10. The molecule has 0 saturated carbocycles. The molecule has 0 spiro atoms. The molecule has 0 saturated heterocycles. The number of carbonyl (C=O) groups excluding carboxylic acids is 1. The fraction of sp³-hybridized carbons (Fsp3) is 0.160. The summed E-state index contributed by atoms with van der Waals surface area (Å²) in [6, 6.07) is 22.0. The Morgan fingerprint density at radius 1 is 0.788 bits per heavy atom. The van der Waals surface area contributed by atoms with Crippen LogP contribution < -0.4 is 4.31 Å². The quantitative estimate of drug-likeness (QED) is 0.351. The number of hydrogen-bond acceptors (Lipinski definition) is 5. The minimum atomic E-state index is -3.77. The molecular weight excluding hydrogens is 440 g/mol. The molecule has 0 atom stereocenters. The summed E-state index contributed by atoms with van der Waals surface area (Å²) >= 11 is 0. The van der Waals surface area contributed by atoms with E-state index in [0.29, 0.717) is 22.8 Å². The zero-order chi connectivity index (χ0) is 23.3. The fourth-order valence-corrected chi connectivity index (χ4v) is 5.02. The molecule has 0 aliphatic rings. The molecule has 4 aromatic rings. The molecule has 0 aliphatic carbocycles. The Morgan fingerprint density at radius 2 is 1.36 bits per heavy atom. The average Bonchev–Trinajstić information content (AvgIpc) is 3.54. The number of carbonyl (C=O) groups is 1. The summed E-state index contributed by atoms with van der Waals surface area (Å²) in [4.78, 5) is 15.0. The molecule has 2 heterocycles. The SMILES string of the molecule is CCN(c1ccccc1)S(=O)(=O)c1ccc(C(=O)N(Cc2ccco2)Cc2ccco2)cc1. The van der Waals surface area contributed by atoms with E-state index in [-0.39, 0.29) is 30.4 Å². The lowest BCUT2D eigenvalue weighted by Gasteiger charge is -2.23. The van der Waals surface area contributed by atoms with Crippen LogP contribution in [0.5, 0.6) is 0 Å². The third kappa shape index (κ3) is 5.01. The number of nitrogens with zero attached hydrogens (tertiary/aromatic N) is 2. The standard InChI is InChI=1S/C25H24N2O5S/c1-2-27(21-8-4-3-5-9-21)33(29,30)24-14-12-20(13-15-24)25(28)26(18-22-10-6-16-31-22)19-23-11-7-17-32-23/h3-17H,2,18-19H2,1H3. The summed E-state index contributed by atoms with van der Waals surface area (Å²) in [6.45, 7) is 2.57. The van der Waals surface area contributed by atoms with Crippen molar-refractivity contribution >= 4 is 21.6 Å². The van der Waals surface area contributed by atoms with E-state index in [9.17, 15) is 13.2 Å². The van der Waals surface area contributed by atoms with E-state index in [1.54, 1.807) is 72.9 Å². The van der Waals surface area contributed by atoms with Gasteiger partial charge in [0.25, 0.3) is 15.9 Å². The largest absolute Gasteiger partial charge is 0.467 e. The number of hydrogen-bond donors (Lipinski definition) is 0. The first-order chi connectivity index (χ1) is 16.0. The van der Waals surface area contributed by atoms with Gasteiger partial charge in [-0.1, -0.05) is 18.2 Å². The van der Waals surface area contributed by atoms with E-state index in [0.717, 1.165) is 0 Å². The van der Waals surface area contributed by atoms with Gasteiger partial charge in [0.15, 0.2) is 0 Å². The predicted octanol–water partition coefficient (Wildman–Crippen LogP) is 4.93. The lowest BCUT2D eigenvalue weighted by atomic mass is 10.2. The van der Waals surface area contributed by atoms with Gasteiger partial charge in [-0.05, 0) is 67.6 Å². The highest BCUT2D eigenvalue weighted by molar-refractivity contribution is 7.92. The summed E-state index contributed by atoms with van der Waals surface area (Å²) in [7, 11) is -3.77. The topological polar surface area (TPSA) is 84.0 Å². The summed E-state index contributed by atoms with van der Waals surface area (Å²) in [5, 5.41) is 0. The lowest BCUT2D eigenvalue weighted by Crippen LogP contribution is -2.31. The van der Waals surface area contributed by atoms with E-state index in [2.05, 4.69) is 0 Å². The Hall–Kier alpha value is -3.78. The monoisotopic (exact) mass is 464 g/mol. The van der Waals surface area contributed by atoms with Crippen LogP contribution in [0, 0.1) is 0 Å². The number of sulfonamides is 1. The van der Waals surface area contributed by atoms with Gasteiger partial charge in [0.1, 0.15) is 11.5 Å². The van der Waals surface area contributed by atoms with Crippen LogP contribution in [-0.4, -0.2) is 25.8 Å². The summed E-state index contributed by atoms with van der Waals surface area (Å²) < 4.78 is 38.6. The van der Waals surface area contributed by atoms with Crippen molar-refractivity contribution in [3.8, 4) is 0 Å². The van der Waals surface area contributed by atoms with Crippen LogP contribution in [-0.2, 0) is 23.1 Å². The van der Waals surface area contributed by atoms with Gasteiger partial charge < -0.3 is 13.7 Å². The third-order valence-electron chi connectivity index (χ3n) is 5.16. The Kier molecular flexibility index (Phi) is 6.65. The molecule has 2 aromatic carbocycles. The number of furan rings is 2. The van der Waals surface area contributed by atoms with E-state index >= 15 is 0 Å². The maximum absolute atomic E-state index is 13.3. The second-order valence-corrected chi connectivity index (χ2v) is 9.21. The highest BCUT2D eigenvalue weighted by Crippen LogP contribution is 2.24. The summed E-state index contributed by atoms with van der Waals surface area (Å²) in [5.74, 6) is 1.01. The third-order valence-corrected chi connectivity index (χ3v) is 7.08. The highest BCUT2D eigenvalue weighted by atomic mass is 32.2. The number of benzene rings is 2. The predicted molar refractivity (Wildman–Crippen MR) is 124 cm³/mol. The minimum Gasteiger partial charge on any atom is -0.467 e. The molecule has 0 radical (unpaired) electrons. The zero-order valence-electron chi connectivity index (χ0n) is 18.1. The van der Waals surface area contributed by atoms with Crippen LogP contribution in [0.4, 0.5) is 5.69 Å². The number of rotatable bonds is 9. The Balaban J connectivity index is 1.58. The van der Waals surface area contributed by atoms with E-state index in [1.165, 1.54) is 28.6 Å². The number of amides is 1. The first kappa shape index (κ1) is 22.4. The normalized spacial score (nSPS) is 11.3. The van der Waals surface area contributed by atoms with Gasteiger partial charge in [0.2, 0.25) is 0 Å². The Morgan fingerprint density at radius 3 is 1.85 bits per heavy atom.